The lowest BCUT2D eigenvalue weighted by Gasteiger charge is -2.28. The van der Waals surface area contributed by atoms with Crippen molar-refractivity contribution < 1.29 is 4.74 Å². The van der Waals surface area contributed by atoms with Crippen LogP contribution < -0.4 is 16.0 Å². The first kappa shape index (κ1) is 12.1. The van der Waals surface area contributed by atoms with E-state index >= 15 is 0 Å². The molecule has 3 N–H and O–H groups in total. The molecule has 1 fully saturated rings. The van der Waals surface area contributed by atoms with Crippen LogP contribution in [0.5, 0.6) is 0 Å². The minimum Gasteiger partial charge on any atom is -0.378 e. The first-order valence-electron chi connectivity index (χ1n) is 5.91. The standard InChI is InChI=1S/C11H19N5O/c1-9(7-12)15-10-6-11(14-8-13-10)16-2-4-17-5-3-16/h6,8-9H,2-5,7,12H2,1H3,(H,13,14,15). The summed E-state index contributed by atoms with van der Waals surface area (Å²) in [6, 6.07) is 2.17. The van der Waals surface area contributed by atoms with Gasteiger partial charge in [0, 0.05) is 31.7 Å². The fourth-order valence-electron chi connectivity index (χ4n) is 1.70. The Balaban J connectivity index is 2.05. The Bertz CT molecular complexity index is 353. The van der Waals surface area contributed by atoms with Gasteiger partial charge in [0.2, 0.25) is 0 Å². The molecule has 1 saturated heterocycles. The topological polar surface area (TPSA) is 76.3 Å². The van der Waals surface area contributed by atoms with Crippen molar-refractivity contribution in [3.8, 4) is 0 Å². The van der Waals surface area contributed by atoms with E-state index in [9.17, 15) is 0 Å². The van der Waals surface area contributed by atoms with E-state index in [4.69, 9.17) is 10.5 Å². The van der Waals surface area contributed by atoms with E-state index in [1.165, 1.54) is 0 Å². The van der Waals surface area contributed by atoms with Crippen molar-refractivity contribution >= 4 is 11.6 Å². The van der Waals surface area contributed by atoms with Gasteiger partial charge in [0.15, 0.2) is 0 Å². The summed E-state index contributed by atoms with van der Waals surface area (Å²) in [4.78, 5) is 10.7. The summed E-state index contributed by atoms with van der Waals surface area (Å²) in [6.45, 7) is 5.87. The number of morpholine rings is 1. The molecule has 0 radical (unpaired) electrons. The lowest BCUT2D eigenvalue weighted by atomic mass is 10.3. The van der Waals surface area contributed by atoms with Gasteiger partial charge >= 0.3 is 0 Å². The number of rotatable bonds is 4. The van der Waals surface area contributed by atoms with Crippen molar-refractivity contribution in [3.63, 3.8) is 0 Å². The number of nitrogens with one attached hydrogen (secondary N) is 1. The molecule has 1 unspecified atom stereocenters. The average Bonchev–Trinajstić information content (AvgIpc) is 2.40. The SMILES string of the molecule is CC(CN)Nc1cc(N2CCOCC2)ncn1. The summed E-state index contributed by atoms with van der Waals surface area (Å²) in [5.74, 6) is 1.76. The molecule has 1 aliphatic rings. The fraction of sp³-hybridized carbons (Fsp3) is 0.636. The molecule has 0 bridgehead atoms. The van der Waals surface area contributed by atoms with Gasteiger partial charge in [-0.25, -0.2) is 9.97 Å². The van der Waals surface area contributed by atoms with Crippen molar-refractivity contribution in [2.24, 2.45) is 5.73 Å². The molecule has 1 aromatic heterocycles. The number of ether oxygens (including phenoxy) is 1. The van der Waals surface area contributed by atoms with Gasteiger partial charge in [-0.2, -0.15) is 0 Å². The van der Waals surface area contributed by atoms with Crippen molar-refractivity contribution in [2.75, 3.05) is 43.1 Å². The van der Waals surface area contributed by atoms with Crippen LogP contribution in [0.4, 0.5) is 11.6 Å². The number of nitrogens with two attached hydrogens (primary N) is 1. The third kappa shape index (κ3) is 3.28. The van der Waals surface area contributed by atoms with E-state index in [1.807, 2.05) is 13.0 Å². The van der Waals surface area contributed by atoms with Crippen molar-refractivity contribution in [3.05, 3.63) is 12.4 Å². The minimum atomic E-state index is 0.211. The second-order valence-electron chi connectivity index (χ2n) is 4.14. The Morgan fingerprint density at radius 2 is 2.24 bits per heavy atom. The quantitative estimate of drug-likeness (QED) is 0.772. The molecule has 17 heavy (non-hydrogen) atoms. The average molecular weight is 237 g/mol. The van der Waals surface area contributed by atoms with Gasteiger partial charge in [-0.3, -0.25) is 0 Å². The summed E-state index contributed by atoms with van der Waals surface area (Å²) in [5.41, 5.74) is 5.57. The molecule has 2 heterocycles. The molecule has 6 nitrogen and oxygen atoms in total. The van der Waals surface area contributed by atoms with Gasteiger partial charge < -0.3 is 20.7 Å². The van der Waals surface area contributed by atoms with Crippen LogP contribution in [-0.4, -0.2) is 48.9 Å². The lowest BCUT2D eigenvalue weighted by Crippen LogP contribution is -2.36. The van der Waals surface area contributed by atoms with E-state index in [0.717, 1.165) is 37.9 Å². The van der Waals surface area contributed by atoms with Gasteiger partial charge in [0.25, 0.3) is 0 Å². The molecule has 2 rings (SSSR count). The molecule has 1 aliphatic heterocycles. The maximum absolute atomic E-state index is 5.57. The monoisotopic (exact) mass is 237 g/mol. The number of nitrogens with zero attached hydrogens (tertiary/aromatic N) is 3. The lowest BCUT2D eigenvalue weighted by molar-refractivity contribution is 0.122. The molecular formula is C11H19N5O. The normalized spacial score (nSPS) is 17.9. The number of aromatic nitrogens is 2. The first-order valence-corrected chi connectivity index (χ1v) is 5.91. The highest BCUT2D eigenvalue weighted by Gasteiger charge is 2.13. The Hall–Kier alpha value is -1.40. The highest BCUT2D eigenvalue weighted by molar-refractivity contribution is 5.49. The van der Waals surface area contributed by atoms with Crippen molar-refractivity contribution in [2.45, 2.75) is 13.0 Å². The highest BCUT2D eigenvalue weighted by Crippen LogP contribution is 2.15. The van der Waals surface area contributed by atoms with Crippen LogP contribution in [0.1, 0.15) is 6.92 Å². The van der Waals surface area contributed by atoms with Gasteiger partial charge in [0.1, 0.15) is 18.0 Å². The second-order valence-corrected chi connectivity index (χ2v) is 4.14. The summed E-state index contributed by atoms with van der Waals surface area (Å²) in [5, 5.41) is 3.24. The zero-order valence-corrected chi connectivity index (χ0v) is 10.1. The summed E-state index contributed by atoms with van der Waals surface area (Å²) in [7, 11) is 0. The summed E-state index contributed by atoms with van der Waals surface area (Å²) >= 11 is 0. The van der Waals surface area contributed by atoms with Crippen LogP contribution in [0.3, 0.4) is 0 Å². The molecule has 0 amide bonds. The zero-order valence-electron chi connectivity index (χ0n) is 10.1. The first-order chi connectivity index (χ1) is 8.29. The van der Waals surface area contributed by atoms with Gasteiger partial charge in [-0.15, -0.1) is 0 Å². The zero-order chi connectivity index (χ0) is 12.1. The maximum Gasteiger partial charge on any atom is 0.134 e. The summed E-state index contributed by atoms with van der Waals surface area (Å²) < 4.78 is 5.32. The van der Waals surface area contributed by atoms with Crippen LogP contribution in [-0.2, 0) is 4.74 Å². The van der Waals surface area contributed by atoms with Crippen LogP contribution in [0.2, 0.25) is 0 Å². The Morgan fingerprint density at radius 3 is 2.94 bits per heavy atom. The van der Waals surface area contributed by atoms with E-state index in [0.29, 0.717) is 6.54 Å². The molecule has 1 atom stereocenters. The van der Waals surface area contributed by atoms with Gasteiger partial charge in [0.05, 0.1) is 13.2 Å². The Labute approximate surface area is 101 Å². The Kier molecular flexibility index (Phi) is 4.11. The van der Waals surface area contributed by atoms with Crippen LogP contribution in [0, 0.1) is 0 Å². The van der Waals surface area contributed by atoms with Crippen LogP contribution in [0.25, 0.3) is 0 Å². The predicted octanol–water partition coefficient (Wildman–Crippen LogP) is 0.0723. The predicted molar refractivity (Wildman–Crippen MR) is 67.2 cm³/mol. The van der Waals surface area contributed by atoms with E-state index < -0.39 is 0 Å². The fourth-order valence-corrected chi connectivity index (χ4v) is 1.70. The molecule has 0 spiro atoms. The third-order valence-electron chi connectivity index (χ3n) is 2.74. The van der Waals surface area contributed by atoms with Crippen LogP contribution >= 0.6 is 0 Å². The summed E-state index contributed by atoms with van der Waals surface area (Å²) in [6.07, 6.45) is 1.58. The Morgan fingerprint density at radius 1 is 1.47 bits per heavy atom. The molecule has 6 heteroatoms. The molecular weight excluding hydrogens is 218 g/mol. The van der Waals surface area contributed by atoms with Crippen LogP contribution in [0.15, 0.2) is 12.4 Å². The molecule has 0 aromatic carbocycles. The largest absolute Gasteiger partial charge is 0.378 e. The van der Waals surface area contributed by atoms with Crippen molar-refractivity contribution in [1.82, 2.24) is 9.97 Å². The number of anilines is 2. The maximum atomic E-state index is 5.57. The van der Waals surface area contributed by atoms with E-state index in [-0.39, 0.29) is 6.04 Å². The smallest absolute Gasteiger partial charge is 0.134 e. The van der Waals surface area contributed by atoms with E-state index in [1.54, 1.807) is 6.33 Å². The van der Waals surface area contributed by atoms with E-state index in [2.05, 4.69) is 20.2 Å². The highest BCUT2D eigenvalue weighted by atomic mass is 16.5. The number of hydrogen-bond donors (Lipinski definition) is 2. The molecule has 0 aliphatic carbocycles. The number of hydrogen-bond acceptors (Lipinski definition) is 6. The molecule has 94 valence electrons. The second kappa shape index (κ2) is 5.79. The molecule has 0 saturated carbocycles. The van der Waals surface area contributed by atoms with Gasteiger partial charge in [-0.05, 0) is 6.92 Å². The molecule has 1 aromatic rings. The minimum absolute atomic E-state index is 0.211. The van der Waals surface area contributed by atoms with Crippen molar-refractivity contribution in [1.29, 1.82) is 0 Å². The van der Waals surface area contributed by atoms with Gasteiger partial charge in [-0.1, -0.05) is 0 Å². The third-order valence-corrected chi connectivity index (χ3v) is 2.74.